The highest BCUT2D eigenvalue weighted by atomic mass is 35.5. The number of pyridine rings is 1. The van der Waals surface area contributed by atoms with Gasteiger partial charge in [-0.1, -0.05) is 0 Å². The molecule has 106 valence electrons. The predicted molar refractivity (Wildman–Crippen MR) is 86.8 cm³/mol. The fourth-order valence-corrected chi connectivity index (χ4v) is 3.09. The van der Waals surface area contributed by atoms with E-state index in [1.165, 1.54) is 11.3 Å². The molecule has 6 heteroatoms. The molecule has 20 heavy (non-hydrogen) atoms. The van der Waals surface area contributed by atoms with Crippen LogP contribution in [0, 0.1) is 20.8 Å². The smallest absolute Gasteiger partial charge is 0.0898 e. The van der Waals surface area contributed by atoms with Crippen LogP contribution in [0.2, 0.25) is 0 Å². The molecule has 2 N–H and O–H groups in total. The zero-order chi connectivity index (χ0) is 13.6. The molecule has 0 fully saturated rings. The number of anilines is 1. The Bertz CT molecular complexity index is 760. The summed E-state index contributed by atoms with van der Waals surface area (Å²) >= 11 is 1.68. The van der Waals surface area contributed by atoms with Crippen molar-refractivity contribution in [3.05, 3.63) is 39.7 Å². The van der Waals surface area contributed by atoms with Crippen LogP contribution in [0.25, 0.3) is 10.9 Å². The van der Waals surface area contributed by atoms with Crippen LogP contribution in [0.15, 0.2) is 17.8 Å². The molecule has 3 aromatic heterocycles. The molecule has 0 amide bonds. The van der Waals surface area contributed by atoms with Crippen LogP contribution in [-0.2, 0) is 6.54 Å². The van der Waals surface area contributed by atoms with Crippen molar-refractivity contribution in [2.45, 2.75) is 27.3 Å². The maximum absolute atomic E-state index is 6.05. The number of rotatable bonds is 2. The number of nitrogen functional groups attached to an aromatic ring is 1. The van der Waals surface area contributed by atoms with Gasteiger partial charge >= 0.3 is 0 Å². The molecule has 0 aliphatic heterocycles. The van der Waals surface area contributed by atoms with Gasteiger partial charge in [0.25, 0.3) is 0 Å². The lowest BCUT2D eigenvalue weighted by Gasteiger charge is -2.06. The molecular weight excluding hydrogens is 292 g/mol. The maximum Gasteiger partial charge on any atom is 0.0898 e. The number of fused-ring (bicyclic) bond motifs is 1. The molecule has 0 aliphatic rings. The molecular formula is C14H17ClN4S. The van der Waals surface area contributed by atoms with E-state index in [1.54, 1.807) is 17.5 Å². The summed E-state index contributed by atoms with van der Waals surface area (Å²) in [5.41, 5.74) is 11.4. The third-order valence-electron chi connectivity index (χ3n) is 3.56. The Morgan fingerprint density at radius 3 is 2.65 bits per heavy atom. The van der Waals surface area contributed by atoms with Gasteiger partial charge in [0.1, 0.15) is 0 Å². The van der Waals surface area contributed by atoms with E-state index in [9.17, 15) is 0 Å². The first-order valence-corrected chi connectivity index (χ1v) is 7.05. The molecule has 0 radical (unpaired) electrons. The van der Waals surface area contributed by atoms with E-state index in [0.29, 0.717) is 0 Å². The Labute approximate surface area is 128 Å². The van der Waals surface area contributed by atoms with Gasteiger partial charge in [-0.05, 0) is 26.3 Å². The molecule has 0 aliphatic carbocycles. The fraction of sp³-hybridized carbons (Fsp3) is 0.286. The summed E-state index contributed by atoms with van der Waals surface area (Å²) in [7, 11) is 0. The molecule has 3 aromatic rings. The third kappa shape index (κ3) is 2.27. The van der Waals surface area contributed by atoms with Crippen LogP contribution < -0.4 is 5.73 Å². The quantitative estimate of drug-likeness (QED) is 0.788. The van der Waals surface area contributed by atoms with Crippen LogP contribution in [0.3, 0.4) is 0 Å². The van der Waals surface area contributed by atoms with Crippen molar-refractivity contribution in [1.82, 2.24) is 14.5 Å². The summed E-state index contributed by atoms with van der Waals surface area (Å²) in [4.78, 5) is 8.74. The number of hydrogen-bond donors (Lipinski definition) is 1. The first kappa shape index (κ1) is 14.8. The summed E-state index contributed by atoms with van der Waals surface area (Å²) in [5, 5.41) is 4.31. The average Bonchev–Trinajstić information content (AvgIpc) is 2.88. The van der Waals surface area contributed by atoms with E-state index in [1.807, 2.05) is 13.1 Å². The molecule has 4 nitrogen and oxygen atoms in total. The Morgan fingerprint density at radius 2 is 2.00 bits per heavy atom. The van der Waals surface area contributed by atoms with Gasteiger partial charge < -0.3 is 10.3 Å². The van der Waals surface area contributed by atoms with Gasteiger partial charge in [0.2, 0.25) is 0 Å². The van der Waals surface area contributed by atoms with E-state index in [4.69, 9.17) is 5.73 Å². The van der Waals surface area contributed by atoms with Crippen LogP contribution in [0.4, 0.5) is 5.69 Å². The minimum Gasteiger partial charge on any atom is -0.397 e. The summed E-state index contributed by atoms with van der Waals surface area (Å²) in [6, 6.07) is 0. The molecule has 0 bridgehead atoms. The number of nitrogens with zero attached hydrogens (tertiary/aromatic N) is 3. The van der Waals surface area contributed by atoms with Gasteiger partial charge in [-0.25, -0.2) is 4.98 Å². The van der Waals surface area contributed by atoms with Crippen molar-refractivity contribution in [3.63, 3.8) is 0 Å². The Kier molecular flexibility index (Phi) is 4.01. The van der Waals surface area contributed by atoms with Crippen LogP contribution in [0.1, 0.15) is 22.0 Å². The Morgan fingerprint density at radius 1 is 1.25 bits per heavy atom. The molecule has 0 aromatic carbocycles. The lowest BCUT2D eigenvalue weighted by atomic mass is 10.2. The lowest BCUT2D eigenvalue weighted by Crippen LogP contribution is -2.02. The highest BCUT2D eigenvalue weighted by molar-refractivity contribution is 7.09. The van der Waals surface area contributed by atoms with E-state index in [2.05, 4.69) is 33.8 Å². The predicted octanol–water partition coefficient (Wildman–Crippen LogP) is 3.47. The number of hydrogen-bond acceptors (Lipinski definition) is 4. The van der Waals surface area contributed by atoms with Crippen molar-refractivity contribution in [3.8, 4) is 0 Å². The molecule has 3 rings (SSSR count). The monoisotopic (exact) mass is 308 g/mol. The number of thiazole rings is 1. The third-order valence-corrected chi connectivity index (χ3v) is 4.38. The first-order chi connectivity index (χ1) is 9.08. The molecule has 0 saturated carbocycles. The normalized spacial score (nSPS) is 10.8. The zero-order valence-corrected chi connectivity index (χ0v) is 13.3. The van der Waals surface area contributed by atoms with Crippen molar-refractivity contribution >= 4 is 40.3 Å². The van der Waals surface area contributed by atoms with E-state index in [0.717, 1.165) is 33.8 Å². The van der Waals surface area contributed by atoms with Gasteiger partial charge in [0, 0.05) is 16.5 Å². The molecule has 0 unspecified atom stereocenters. The second-order valence-corrected chi connectivity index (χ2v) is 5.84. The highest BCUT2D eigenvalue weighted by Gasteiger charge is 2.14. The van der Waals surface area contributed by atoms with Crippen molar-refractivity contribution < 1.29 is 0 Å². The summed E-state index contributed by atoms with van der Waals surface area (Å²) < 4.78 is 2.24. The summed E-state index contributed by atoms with van der Waals surface area (Å²) in [6.07, 6.45) is 3.59. The first-order valence-electron chi connectivity index (χ1n) is 6.18. The zero-order valence-electron chi connectivity index (χ0n) is 11.7. The summed E-state index contributed by atoms with van der Waals surface area (Å²) in [6.45, 7) is 7.02. The number of aromatic nitrogens is 3. The van der Waals surface area contributed by atoms with E-state index in [-0.39, 0.29) is 12.4 Å². The van der Waals surface area contributed by atoms with Crippen molar-refractivity contribution in [1.29, 1.82) is 0 Å². The molecule has 0 atom stereocenters. The fourth-order valence-electron chi connectivity index (χ4n) is 2.49. The SMILES string of the molecule is Cc1nc(Cn2c(C)c(C)c3c(N)cncc32)cs1.Cl. The van der Waals surface area contributed by atoms with Gasteiger partial charge in [0.15, 0.2) is 0 Å². The lowest BCUT2D eigenvalue weighted by molar-refractivity contribution is 0.779. The second kappa shape index (κ2) is 5.42. The van der Waals surface area contributed by atoms with Gasteiger partial charge in [-0.15, -0.1) is 23.7 Å². The van der Waals surface area contributed by atoms with E-state index < -0.39 is 0 Å². The Balaban J connectivity index is 0.00000147. The number of halogens is 1. The largest absolute Gasteiger partial charge is 0.397 e. The average molecular weight is 309 g/mol. The summed E-state index contributed by atoms with van der Waals surface area (Å²) in [5.74, 6) is 0. The molecule has 0 saturated heterocycles. The van der Waals surface area contributed by atoms with Gasteiger partial charge in [0.05, 0.1) is 40.8 Å². The standard InChI is InChI=1S/C14H16N4S.ClH/c1-8-9(2)18(6-11-7-19-10(3)17-11)13-5-16-4-12(15)14(8)13;/h4-5,7H,6,15H2,1-3H3;1H. The second-order valence-electron chi connectivity index (χ2n) is 4.78. The Hall–Kier alpha value is -1.59. The van der Waals surface area contributed by atoms with E-state index >= 15 is 0 Å². The molecule has 3 heterocycles. The van der Waals surface area contributed by atoms with Crippen LogP contribution in [-0.4, -0.2) is 14.5 Å². The maximum atomic E-state index is 6.05. The van der Waals surface area contributed by atoms with Gasteiger partial charge in [-0.3, -0.25) is 4.98 Å². The topological polar surface area (TPSA) is 56.7 Å². The minimum atomic E-state index is 0. The highest BCUT2D eigenvalue weighted by Crippen LogP contribution is 2.29. The van der Waals surface area contributed by atoms with Gasteiger partial charge in [-0.2, -0.15) is 0 Å². The minimum absolute atomic E-state index is 0. The van der Waals surface area contributed by atoms with Crippen LogP contribution >= 0.6 is 23.7 Å². The van der Waals surface area contributed by atoms with Crippen molar-refractivity contribution in [2.75, 3.05) is 5.73 Å². The number of aryl methyl sites for hydroxylation is 2. The number of nitrogens with two attached hydrogens (primary N) is 1. The van der Waals surface area contributed by atoms with Crippen molar-refractivity contribution in [2.24, 2.45) is 0 Å². The molecule has 0 spiro atoms. The van der Waals surface area contributed by atoms with Crippen LogP contribution in [0.5, 0.6) is 0 Å².